The van der Waals surface area contributed by atoms with Gasteiger partial charge in [0, 0.05) is 29.1 Å². The second-order valence-electron chi connectivity index (χ2n) is 7.95. The quantitative estimate of drug-likeness (QED) is 0.707. The molecule has 0 saturated carbocycles. The van der Waals surface area contributed by atoms with Crippen molar-refractivity contribution in [3.63, 3.8) is 0 Å². The molecule has 2 aliphatic rings. The Labute approximate surface area is 174 Å². The molecule has 29 heavy (non-hydrogen) atoms. The number of amides is 2. The molecule has 0 bridgehead atoms. The van der Waals surface area contributed by atoms with E-state index in [9.17, 15) is 14.0 Å². The molecule has 0 aromatic heterocycles. The summed E-state index contributed by atoms with van der Waals surface area (Å²) in [5.41, 5.74) is 1.57. The van der Waals surface area contributed by atoms with Crippen LogP contribution in [0.1, 0.15) is 36.2 Å². The molecular formula is C23H23FN2O2S. The molecule has 2 amide bonds. The molecule has 2 heterocycles. The Morgan fingerprint density at radius 2 is 1.90 bits per heavy atom. The third-order valence-electron chi connectivity index (χ3n) is 5.27. The minimum Gasteiger partial charge on any atom is -0.338 e. The van der Waals surface area contributed by atoms with Gasteiger partial charge in [0.2, 0.25) is 0 Å². The maximum atomic E-state index is 13.9. The van der Waals surface area contributed by atoms with E-state index in [1.165, 1.54) is 17.8 Å². The minimum absolute atomic E-state index is 0.00172. The largest absolute Gasteiger partial charge is 0.338 e. The number of halogens is 1. The Morgan fingerprint density at radius 1 is 1.17 bits per heavy atom. The summed E-state index contributed by atoms with van der Waals surface area (Å²) in [4.78, 5) is 28.6. The Kier molecular flexibility index (Phi) is 5.46. The van der Waals surface area contributed by atoms with Crippen LogP contribution in [0, 0.1) is 17.7 Å². The fraction of sp³-hybridized carbons (Fsp3) is 0.304. The fourth-order valence-corrected chi connectivity index (χ4v) is 4.96. The molecule has 0 radical (unpaired) electrons. The van der Waals surface area contributed by atoms with E-state index in [0.717, 1.165) is 24.4 Å². The number of piperidine rings is 1. The molecule has 1 saturated heterocycles. The van der Waals surface area contributed by atoms with E-state index >= 15 is 0 Å². The summed E-state index contributed by atoms with van der Waals surface area (Å²) in [6, 6.07) is 11.7. The number of carbonyl (C=O) groups excluding carboxylic acids is 2. The number of likely N-dealkylation sites (tertiary alicyclic amines) is 1. The van der Waals surface area contributed by atoms with Crippen molar-refractivity contribution in [1.29, 1.82) is 0 Å². The Balaban J connectivity index is 1.57. The summed E-state index contributed by atoms with van der Waals surface area (Å²) in [5.74, 6) is 0.308. The average Bonchev–Trinajstić information content (AvgIpc) is 2.68. The topological polar surface area (TPSA) is 49.4 Å². The number of nitrogens with one attached hydrogen (secondary N) is 1. The highest BCUT2D eigenvalue weighted by molar-refractivity contribution is 8.04. The highest BCUT2D eigenvalue weighted by Gasteiger charge is 2.28. The van der Waals surface area contributed by atoms with Gasteiger partial charge in [-0.05, 0) is 48.6 Å². The maximum Gasteiger partial charge on any atom is 0.262 e. The zero-order valence-electron chi connectivity index (χ0n) is 16.4. The van der Waals surface area contributed by atoms with Gasteiger partial charge in [0.1, 0.15) is 5.82 Å². The van der Waals surface area contributed by atoms with Crippen molar-refractivity contribution in [2.24, 2.45) is 11.8 Å². The van der Waals surface area contributed by atoms with Gasteiger partial charge in [-0.15, -0.1) is 0 Å². The number of benzene rings is 2. The standard InChI is InChI=1S/C23H23FN2O2S/c1-14-9-15(2)13-26(12-14)23(28)17-7-8-20-19(10-17)25-22(27)21(29-20)11-16-5-3-4-6-18(16)24/h3-8,10-11,14-15H,9,12-13H2,1-2H3,(H,25,27)/b21-11+/t14-,15+. The van der Waals surface area contributed by atoms with E-state index in [0.29, 0.717) is 33.6 Å². The molecule has 4 rings (SSSR count). The van der Waals surface area contributed by atoms with Crippen LogP contribution in [0.2, 0.25) is 0 Å². The molecule has 2 aromatic rings. The van der Waals surface area contributed by atoms with E-state index < -0.39 is 0 Å². The predicted molar refractivity (Wildman–Crippen MR) is 114 cm³/mol. The van der Waals surface area contributed by atoms with E-state index in [2.05, 4.69) is 19.2 Å². The third-order valence-corrected chi connectivity index (χ3v) is 6.37. The van der Waals surface area contributed by atoms with Crippen LogP contribution in [0.15, 0.2) is 52.3 Å². The van der Waals surface area contributed by atoms with Gasteiger partial charge in [-0.2, -0.15) is 0 Å². The van der Waals surface area contributed by atoms with Gasteiger partial charge in [0.05, 0.1) is 10.6 Å². The maximum absolute atomic E-state index is 13.9. The van der Waals surface area contributed by atoms with E-state index in [-0.39, 0.29) is 17.6 Å². The summed E-state index contributed by atoms with van der Waals surface area (Å²) < 4.78 is 13.9. The molecule has 0 unspecified atom stereocenters. The second kappa shape index (κ2) is 8.03. The zero-order chi connectivity index (χ0) is 20.5. The first kappa shape index (κ1) is 19.7. The van der Waals surface area contributed by atoms with E-state index in [1.807, 2.05) is 11.0 Å². The second-order valence-corrected chi connectivity index (χ2v) is 9.04. The number of hydrogen-bond donors (Lipinski definition) is 1. The van der Waals surface area contributed by atoms with Crippen LogP contribution >= 0.6 is 11.8 Å². The average molecular weight is 411 g/mol. The predicted octanol–water partition coefficient (Wildman–Crippen LogP) is 5.03. The van der Waals surface area contributed by atoms with Crippen LogP contribution in [0.5, 0.6) is 0 Å². The fourth-order valence-electron chi connectivity index (χ4n) is 4.04. The smallest absolute Gasteiger partial charge is 0.262 e. The molecular weight excluding hydrogens is 387 g/mol. The van der Waals surface area contributed by atoms with Crippen molar-refractivity contribution < 1.29 is 14.0 Å². The Bertz CT molecular complexity index is 994. The minimum atomic E-state index is -0.370. The summed E-state index contributed by atoms with van der Waals surface area (Å²) in [6.45, 7) is 5.86. The molecule has 0 spiro atoms. The van der Waals surface area contributed by atoms with Crippen LogP contribution in [0.3, 0.4) is 0 Å². The third kappa shape index (κ3) is 4.22. The van der Waals surface area contributed by atoms with Gasteiger partial charge in [-0.25, -0.2) is 4.39 Å². The first-order valence-corrected chi connectivity index (χ1v) is 10.6. The van der Waals surface area contributed by atoms with Crippen LogP contribution in [-0.2, 0) is 4.79 Å². The van der Waals surface area contributed by atoms with Crippen molar-refractivity contribution in [2.45, 2.75) is 25.2 Å². The monoisotopic (exact) mass is 410 g/mol. The van der Waals surface area contributed by atoms with Gasteiger partial charge >= 0.3 is 0 Å². The van der Waals surface area contributed by atoms with E-state index in [1.54, 1.807) is 36.4 Å². The lowest BCUT2D eigenvalue weighted by molar-refractivity contribution is -0.112. The highest BCUT2D eigenvalue weighted by Crippen LogP contribution is 2.39. The summed E-state index contributed by atoms with van der Waals surface area (Å²) >= 11 is 1.28. The molecule has 2 atom stereocenters. The zero-order valence-corrected chi connectivity index (χ0v) is 17.3. The molecule has 150 valence electrons. The molecule has 0 aliphatic carbocycles. The van der Waals surface area contributed by atoms with Gasteiger partial charge < -0.3 is 10.2 Å². The molecule has 1 N–H and O–H groups in total. The lowest BCUT2D eigenvalue weighted by Gasteiger charge is -2.35. The van der Waals surface area contributed by atoms with Gasteiger partial charge in [-0.3, -0.25) is 9.59 Å². The number of hydrogen-bond acceptors (Lipinski definition) is 3. The van der Waals surface area contributed by atoms with Crippen LogP contribution in [0.4, 0.5) is 10.1 Å². The summed E-state index contributed by atoms with van der Waals surface area (Å²) in [7, 11) is 0. The lowest BCUT2D eigenvalue weighted by atomic mass is 9.91. The van der Waals surface area contributed by atoms with Crippen molar-refractivity contribution in [3.05, 3.63) is 64.3 Å². The molecule has 2 aliphatic heterocycles. The van der Waals surface area contributed by atoms with E-state index in [4.69, 9.17) is 0 Å². The highest BCUT2D eigenvalue weighted by atomic mass is 32.2. The van der Waals surface area contributed by atoms with Crippen LogP contribution in [0.25, 0.3) is 6.08 Å². The SMILES string of the molecule is C[C@@H]1C[C@H](C)CN(C(=O)c2ccc3c(c2)NC(=O)/C(=C\c2ccccc2F)S3)C1. The first-order chi connectivity index (χ1) is 13.9. The molecule has 4 nitrogen and oxygen atoms in total. The number of thioether (sulfide) groups is 1. The van der Waals surface area contributed by atoms with Crippen LogP contribution in [-0.4, -0.2) is 29.8 Å². The van der Waals surface area contributed by atoms with Crippen molar-refractivity contribution in [1.82, 2.24) is 4.90 Å². The number of carbonyl (C=O) groups is 2. The number of rotatable bonds is 2. The lowest BCUT2D eigenvalue weighted by Crippen LogP contribution is -2.42. The van der Waals surface area contributed by atoms with Crippen molar-refractivity contribution >= 4 is 35.3 Å². The first-order valence-electron chi connectivity index (χ1n) is 9.79. The Hall–Kier alpha value is -2.60. The summed E-state index contributed by atoms with van der Waals surface area (Å²) in [6.07, 6.45) is 2.69. The molecule has 2 aromatic carbocycles. The normalized spacial score (nSPS) is 22.9. The van der Waals surface area contributed by atoms with Gasteiger partial charge in [-0.1, -0.05) is 43.8 Å². The number of nitrogens with zero attached hydrogens (tertiary/aromatic N) is 1. The number of fused-ring (bicyclic) bond motifs is 1. The van der Waals surface area contributed by atoms with Gasteiger partial charge in [0.15, 0.2) is 0 Å². The number of anilines is 1. The van der Waals surface area contributed by atoms with Crippen LogP contribution < -0.4 is 5.32 Å². The summed E-state index contributed by atoms with van der Waals surface area (Å²) in [5, 5.41) is 2.84. The molecule has 1 fully saturated rings. The molecule has 6 heteroatoms. The Morgan fingerprint density at radius 3 is 2.62 bits per heavy atom. The van der Waals surface area contributed by atoms with Crippen molar-refractivity contribution in [3.8, 4) is 0 Å². The van der Waals surface area contributed by atoms with Crippen molar-refractivity contribution in [2.75, 3.05) is 18.4 Å². The van der Waals surface area contributed by atoms with Gasteiger partial charge in [0.25, 0.3) is 11.8 Å².